The number of aromatic nitrogens is 1. The Morgan fingerprint density at radius 1 is 1.16 bits per heavy atom. The largest absolute Gasteiger partial charge is 0.493 e. The molecule has 2 rings (SSSR count). The second kappa shape index (κ2) is 8.57. The molecule has 0 aliphatic carbocycles. The van der Waals surface area contributed by atoms with Crippen LogP contribution in [-0.2, 0) is 6.54 Å². The Kier molecular flexibility index (Phi) is 6.46. The molecule has 0 spiro atoms. The van der Waals surface area contributed by atoms with Crippen LogP contribution in [0.5, 0.6) is 17.2 Å². The van der Waals surface area contributed by atoms with E-state index in [9.17, 15) is 4.79 Å². The highest BCUT2D eigenvalue weighted by Gasteiger charge is 2.14. The molecule has 0 unspecified atom stereocenters. The fourth-order valence-corrected chi connectivity index (χ4v) is 2.99. The Morgan fingerprint density at radius 3 is 2.28 bits per heavy atom. The van der Waals surface area contributed by atoms with Crippen molar-refractivity contribution in [3.05, 3.63) is 28.8 Å². The molecule has 2 N–H and O–H groups in total. The van der Waals surface area contributed by atoms with Gasteiger partial charge in [0.05, 0.1) is 21.3 Å². The molecule has 0 aliphatic heterocycles. The van der Waals surface area contributed by atoms with Crippen LogP contribution in [0.3, 0.4) is 0 Å². The number of rotatable bonds is 7. The van der Waals surface area contributed by atoms with E-state index in [1.165, 1.54) is 11.3 Å². The van der Waals surface area contributed by atoms with Crippen LogP contribution < -0.4 is 24.8 Å². The number of benzene rings is 1. The van der Waals surface area contributed by atoms with Crippen LogP contribution >= 0.6 is 11.3 Å². The van der Waals surface area contributed by atoms with E-state index in [4.69, 9.17) is 14.2 Å². The summed E-state index contributed by atoms with van der Waals surface area (Å²) in [5.41, 5.74) is 0.826. The second-order valence-electron chi connectivity index (χ2n) is 5.56. The van der Waals surface area contributed by atoms with E-state index in [0.29, 0.717) is 34.8 Å². The minimum absolute atomic E-state index is 0.310. The quantitative estimate of drug-likeness (QED) is 0.783. The van der Waals surface area contributed by atoms with Gasteiger partial charge in [-0.25, -0.2) is 9.78 Å². The van der Waals surface area contributed by atoms with Crippen molar-refractivity contribution < 1.29 is 19.0 Å². The minimum Gasteiger partial charge on any atom is -0.493 e. The maximum atomic E-state index is 12.1. The molecule has 0 bridgehead atoms. The smallest absolute Gasteiger partial charge is 0.321 e. The maximum absolute atomic E-state index is 12.1. The Bertz CT molecular complexity index is 705. The topological polar surface area (TPSA) is 81.7 Å². The number of urea groups is 1. The lowest BCUT2D eigenvalue weighted by Crippen LogP contribution is -2.28. The summed E-state index contributed by atoms with van der Waals surface area (Å²) in [5.74, 6) is 1.98. The molecule has 25 heavy (non-hydrogen) atoms. The van der Waals surface area contributed by atoms with Crippen LogP contribution in [-0.4, -0.2) is 32.3 Å². The van der Waals surface area contributed by atoms with Gasteiger partial charge in [0, 0.05) is 17.6 Å². The van der Waals surface area contributed by atoms with Crippen LogP contribution in [0, 0.1) is 0 Å². The number of nitrogens with one attached hydrogen (secondary N) is 2. The summed E-state index contributed by atoms with van der Waals surface area (Å²) in [7, 11) is 4.65. The number of thiazole rings is 1. The number of hydrogen-bond acceptors (Lipinski definition) is 6. The van der Waals surface area contributed by atoms with Gasteiger partial charge in [-0.15, -0.1) is 11.3 Å². The van der Waals surface area contributed by atoms with Gasteiger partial charge in [0.1, 0.15) is 0 Å². The first kappa shape index (κ1) is 18.9. The average molecular weight is 365 g/mol. The third kappa shape index (κ3) is 4.76. The summed E-state index contributed by atoms with van der Waals surface area (Å²) in [5, 5.41) is 6.10. The van der Waals surface area contributed by atoms with Gasteiger partial charge in [-0.05, 0) is 23.6 Å². The molecule has 136 valence electrons. The summed E-state index contributed by atoms with van der Waals surface area (Å²) < 4.78 is 15.9. The van der Waals surface area contributed by atoms with Gasteiger partial charge in [-0.2, -0.15) is 0 Å². The maximum Gasteiger partial charge on any atom is 0.321 e. The summed E-state index contributed by atoms with van der Waals surface area (Å²) in [4.78, 5) is 17.4. The number of carbonyl (C=O) groups is 1. The number of anilines is 1. The SMILES string of the molecule is COc1cc(CNC(=O)Nc2ncc(C(C)C)s2)cc(OC)c1OC. The fraction of sp³-hybridized carbons (Fsp3) is 0.412. The van der Waals surface area contributed by atoms with E-state index in [1.807, 2.05) is 0 Å². The van der Waals surface area contributed by atoms with Gasteiger partial charge in [0.25, 0.3) is 0 Å². The standard InChI is InChI=1S/C17H23N3O4S/c1-10(2)14-9-19-17(25-14)20-16(21)18-8-11-6-12(22-3)15(24-5)13(7-11)23-4/h6-7,9-10H,8H2,1-5H3,(H2,18,19,20,21). The monoisotopic (exact) mass is 365 g/mol. The molecule has 0 saturated carbocycles. The van der Waals surface area contributed by atoms with Crippen molar-refractivity contribution in [2.45, 2.75) is 26.3 Å². The van der Waals surface area contributed by atoms with E-state index in [1.54, 1.807) is 39.7 Å². The summed E-state index contributed by atoms with van der Waals surface area (Å²) in [6.45, 7) is 4.48. The lowest BCUT2D eigenvalue weighted by molar-refractivity contribution is 0.251. The Labute approximate surface area is 151 Å². The summed E-state index contributed by atoms with van der Waals surface area (Å²) in [6.07, 6.45) is 1.78. The summed E-state index contributed by atoms with van der Waals surface area (Å²) in [6, 6.07) is 3.27. The number of methoxy groups -OCH3 is 3. The predicted molar refractivity (Wildman–Crippen MR) is 98.2 cm³/mol. The Balaban J connectivity index is 2.01. The van der Waals surface area contributed by atoms with Gasteiger partial charge in [0.15, 0.2) is 16.6 Å². The normalized spacial score (nSPS) is 10.5. The highest BCUT2D eigenvalue weighted by molar-refractivity contribution is 7.15. The molecule has 0 saturated heterocycles. The zero-order chi connectivity index (χ0) is 18.4. The molecule has 0 fully saturated rings. The lowest BCUT2D eigenvalue weighted by Gasteiger charge is -2.14. The average Bonchev–Trinajstić information content (AvgIpc) is 3.07. The van der Waals surface area contributed by atoms with Crippen LogP contribution in [0.4, 0.5) is 9.93 Å². The molecule has 2 aromatic rings. The van der Waals surface area contributed by atoms with Gasteiger partial charge in [-0.3, -0.25) is 5.32 Å². The van der Waals surface area contributed by atoms with Crippen molar-refractivity contribution in [2.24, 2.45) is 0 Å². The zero-order valence-electron chi connectivity index (χ0n) is 15.0. The number of carbonyl (C=O) groups excluding carboxylic acids is 1. The molecule has 1 aromatic carbocycles. The predicted octanol–water partition coefficient (Wildman–Crippen LogP) is 3.61. The molecule has 8 heteroatoms. The number of nitrogens with zero attached hydrogens (tertiary/aromatic N) is 1. The molecule has 0 radical (unpaired) electrons. The molecule has 0 atom stereocenters. The third-order valence-corrected chi connectivity index (χ3v) is 4.70. The fourth-order valence-electron chi connectivity index (χ4n) is 2.17. The third-order valence-electron chi connectivity index (χ3n) is 3.49. The van der Waals surface area contributed by atoms with Gasteiger partial charge >= 0.3 is 6.03 Å². The molecule has 1 aromatic heterocycles. The van der Waals surface area contributed by atoms with Crippen molar-refractivity contribution in [1.29, 1.82) is 0 Å². The Hall–Kier alpha value is -2.48. The van der Waals surface area contributed by atoms with E-state index < -0.39 is 0 Å². The van der Waals surface area contributed by atoms with Crippen LogP contribution in [0.15, 0.2) is 18.3 Å². The highest BCUT2D eigenvalue weighted by atomic mass is 32.1. The Morgan fingerprint density at radius 2 is 1.80 bits per heavy atom. The zero-order valence-corrected chi connectivity index (χ0v) is 15.8. The van der Waals surface area contributed by atoms with E-state index in [-0.39, 0.29) is 6.03 Å². The van der Waals surface area contributed by atoms with E-state index in [2.05, 4.69) is 29.5 Å². The van der Waals surface area contributed by atoms with Crippen LogP contribution in [0.1, 0.15) is 30.2 Å². The van der Waals surface area contributed by atoms with Gasteiger partial charge < -0.3 is 19.5 Å². The second-order valence-corrected chi connectivity index (χ2v) is 6.63. The first-order valence-corrected chi connectivity index (χ1v) is 8.59. The number of hydrogen-bond donors (Lipinski definition) is 2. The molecule has 1 heterocycles. The molecule has 0 aliphatic rings. The number of ether oxygens (including phenoxy) is 3. The molecular formula is C17H23N3O4S. The van der Waals surface area contributed by atoms with Crippen molar-refractivity contribution in [3.63, 3.8) is 0 Å². The van der Waals surface area contributed by atoms with Crippen LogP contribution in [0.25, 0.3) is 0 Å². The van der Waals surface area contributed by atoms with Crippen molar-refractivity contribution in [3.8, 4) is 17.2 Å². The molecule has 7 nitrogen and oxygen atoms in total. The summed E-state index contributed by atoms with van der Waals surface area (Å²) >= 11 is 1.47. The highest BCUT2D eigenvalue weighted by Crippen LogP contribution is 2.38. The van der Waals surface area contributed by atoms with Gasteiger partial charge in [0.2, 0.25) is 5.75 Å². The first-order chi connectivity index (χ1) is 12.0. The van der Waals surface area contributed by atoms with Gasteiger partial charge in [-0.1, -0.05) is 13.8 Å². The van der Waals surface area contributed by atoms with Crippen molar-refractivity contribution in [1.82, 2.24) is 10.3 Å². The van der Waals surface area contributed by atoms with Crippen molar-refractivity contribution in [2.75, 3.05) is 26.6 Å². The minimum atomic E-state index is -0.321. The molecular weight excluding hydrogens is 342 g/mol. The van der Waals surface area contributed by atoms with E-state index in [0.717, 1.165) is 10.4 Å². The number of amides is 2. The van der Waals surface area contributed by atoms with Crippen LogP contribution in [0.2, 0.25) is 0 Å². The van der Waals surface area contributed by atoms with E-state index >= 15 is 0 Å². The lowest BCUT2D eigenvalue weighted by atomic mass is 10.2. The molecule has 2 amide bonds. The van der Waals surface area contributed by atoms with Crippen molar-refractivity contribution >= 4 is 22.5 Å². The first-order valence-electron chi connectivity index (χ1n) is 7.78.